The van der Waals surface area contributed by atoms with E-state index in [1.807, 2.05) is 0 Å². The summed E-state index contributed by atoms with van der Waals surface area (Å²) < 4.78 is 0. The van der Waals surface area contributed by atoms with Crippen molar-refractivity contribution < 1.29 is 0 Å². The molecule has 0 amide bonds. The maximum atomic E-state index is 2.47. The molecular weight excluding hydrogens is 252 g/mol. The predicted octanol–water partition coefficient (Wildman–Crippen LogP) is 6.12. The Labute approximate surface area is 128 Å². The molecule has 2 aromatic carbocycles. The van der Waals surface area contributed by atoms with Gasteiger partial charge in [-0.25, -0.2) is 0 Å². The first-order chi connectivity index (χ1) is 10.3. The molecule has 2 aromatic rings. The van der Waals surface area contributed by atoms with Crippen molar-refractivity contribution in [3.05, 3.63) is 65.2 Å². The van der Waals surface area contributed by atoms with Gasteiger partial charge in [-0.1, -0.05) is 80.4 Å². The Morgan fingerprint density at radius 3 is 2.48 bits per heavy atom. The van der Waals surface area contributed by atoms with Crippen LogP contribution in [0.2, 0.25) is 0 Å². The third kappa shape index (κ3) is 2.81. The normalized spacial score (nSPS) is 14.7. The van der Waals surface area contributed by atoms with Gasteiger partial charge in [0, 0.05) is 0 Å². The lowest BCUT2D eigenvalue weighted by molar-refractivity contribution is 0.530. The molecule has 0 saturated heterocycles. The summed E-state index contributed by atoms with van der Waals surface area (Å²) in [6, 6.07) is 17.5. The van der Waals surface area contributed by atoms with Gasteiger partial charge in [0.1, 0.15) is 0 Å². The quantitative estimate of drug-likeness (QED) is 0.617. The van der Waals surface area contributed by atoms with E-state index in [1.54, 1.807) is 5.57 Å². The number of rotatable bonds is 5. The molecule has 1 aliphatic rings. The largest absolute Gasteiger partial charge is 0.0654 e. The number of hydrogen-bond donors (Lipinski definition) is 0. The Kier molecular flexibility index (Phi) is 4.24. The molecule has 0 N–H and O–H groups in total. The van der Waals surface area contributed by atoms with Crippen molar-refractivity contribution in [2.24, 2.45) is 5.92 Å². The standard InChI is InChI=1S/C21H24/c1-3-9-16(4-2)19-14-18-12-8-13-20(21(18)15-19)17-10-6-5-7-11-17/h5-8,10-13,15-16H,3-4,9,14H2,1-2H3. The molecule has 0 saturated carbocycles. The van der Waals surface area contributed by atoms with Crippen molar-refractivity contribution in [1.82, 2.24) is 0 Å². The van der Waals surface area contributed by atoms with E-state index in [9.17, 15) is 0 Å². The first kappa shape index (κ1) is 14.1. The topological polar surface area (TPSA) is 0 Å². The van der Waals surface area contributed by atoms with Crippen LogP contribution >= 0.6 is 0 Å². The van der Waals surface area contributed by atoms with Gasteiger partial charge in [-0.3, -0.25) is 0 Å². The molecule has 0 spiro atoms. The van der Waals surface area contributed by atoms with Gasteiger partial charge in [0.15, 0.2) is 0 Å². The fourth-order valence-corrected chi connectivity index (χ4v) is 3.53. The molecule has 0 radical (unpaired) electrons. The summed E-state index contributed by atoms with van der Waals surface area (Å²) in [6.45, 7) is 4.61. The SMILES string of the molecule is CCCC(CC)C1=Cc2c(cccc2-c2ccccc2)C1. The smallest absolute Gasteiger partial charge is 0.00548 e. The molecule has 0 aromatic heterocycles. The highest BCUT2D eigenvalue weighted by Crippen LogP contribution is 2.38. The van der Waals surface area contributed by atoms with Crippen molar-refractivity contribution >= 4 is 6.08 Å². The van der Waals surface area contributed by atoms with E-state index in [1.165, 1.54) is 41.5 Å². The van der Waals surface area contributed by atoms with Gasteiger partial charge < -0.3 is 0 Å². The number of benzene rings is 2. The summed E-state index contributed by atoms with van der Waals surface area (Å²) in [4.78, 5) is 0. The van der Waals surface area contributed by atoms with Gasteiger partial charge in [-0.2, -0.15) is 0 Å². The Balaban J connectivity index is 1.99. The average molecular weight is 276 g/mol. The van der Waals surface area contributed by atoms with Gasteiger partial charge in [-0.05, 0) is 47.4 Å². The number of fused-ring (bicyclic) bond motifs is 1. The third-order valence-electron chi connectivity index (χ3n) is 4.66. The molecule has 21 heavy (non-hydrogen) atoms. The van der Waals surface area contributed by atoms with Crippen molar-refractivity contribution in [2.75, 3.05) is 0 Å². The van der Waals surface area contributed by atoms with Crippen LogP contribution in [0.1, 0.15) is 44.2 Å². The molecule has 0 fully saturated rings. The van der Waals surface area contributed by atoms with Crippen LogP contribution < -0.4 is 0 Å². The molecule has 0 nitrogen and oxygen atoms in total. The average Bonchev–Trinajstić information content (AvgIpc) is 2.97. The van der Waals surface area contributed by atoms with Crippen molar-refractivity contribution in [3.63, 3.8) is 0 Å². The van der Waals surface area contributed by atoms with E-state index in [2.05, 4.69) is 68.5 Å². The second-order valence-corrected chi connectivity index (χ2v) is 6.03. The van der Waals surface area contributed by atoms with Crippen molar-refractivity contribution in [3.8, 4) is 11.1 Å². The molecule has 0 bridgehead atoms. The van der Waals surface area contributed by atoms with Crippen LogP contribution in [-0.2, 0) is 6.42 Å². The van der Waals surface area contributed by atoms with Crippen LogP contribution in [0.4, 0.5) is 0 Å². The minimum absolute atomic E-state index is 0.756. The molecule has 0 heterocycles. The molecule has 108 valence electrons. The highest BCUT2D eigenvalue weighted by atomic mass is 14.3. The zero-order chi connectivity index (χ0) is 14.7. The maximum Gasteiger partial charge on any atom is -0.00548 e. The molecule has 1 atom stereocenters. The zero-order valence-corrected chi connectivity index (χ0v) is 13.1. The van der Waals surface area contributed by atoms with E-state index in [0.29, 0.717) is 0 Å². The van der Waals surface area contributed by atoms with Crippen LogP contribution in [0, 0.1) is 5.92 Å². The molecule has 3 rings (SSSR count). The van der Waals surface area contributed by atoms with E-state index in [-0.39, 0.29) is 0 Å². The fourth-order valence-electron chi connectivity index (χ4n) is 3.53. The van der Waals surface area contributed by atoms with Crippen molar-refractivity contribution in [1.29, 1.82) is 0 Å². The van der Waals surface area contributed by atoms with E-state index >= 15 is 0 Å². The first-order valence-electron chi connectivity index (χ1n) is 8.21. The van der Waals surface area contributed by atoms with Gasteiger partial charge >= 0.3 is 0 Å². The zero-order valence-electron chi connectivity index (χ0n) is 13.1. The van der Waals surface area contributed by atoms with E-state index < -0.39 is 0 Å². The lowest BCUT2D eigenvalue weighted by atomic mass is 9.91. The second-order valence-electron chi connectivity index (χ2n) is 6.03. The minimum atomic E-state index is 0.756. The lowest BCUT2D eigenvalue weighted by Gasteiger charge is -2.15. The lowest BCUT2D eigenvalue weighted by Crippen LogP contribution is -2.02. The predicted molar refractivity (Wildman–Crippen MR) is 92.2 cm³/mol. The maximum absolute atomic E-state index is 2.47. The Hall–Kier alpha value is -1.82. The molecule has 1 aliphatic carbocycles. The number of allylic oxidation sites excluding steroid dienone is 1. The van der Waals surface area contributed by atoms with Crippen LogP contribution in [0.25, 0.3) is 17.2 Å². The van der Waals surface area contributed by atoms with Crippen LogP contribution in [0.5, 0.6) is 0 Å². The van der Waals surface area contributed by atoms with E-state index in [4.69, 9.17) is 0 Å². The summed E-state index contributed by atoms with van der Waals surface area (Å²) in [6.07, 6.45) is 7.47. The van der Waals surface area contributed by atoms with Crippen LogP contribution in [-0.4, -0.2) is 0 Å². The molecule has 1 unspecified atom stereocenters. The van der Waals surface area contributed by atoms with E-state index in [0.717, 1.165) is 12.3 Å². The molecular formula is C21H24. The first-order valence-corrected chi connectivity index (χ1v) is 8.21. The Morgan fingerprint density at radius 1 is 0.952 bits per heavy atom. The third-order valence-corrected chi connectivity index (χ3v) is 4.66. The van der Waals surface area contributed by atoms with Gasteiger partial charge in [0.25, 0.3) is 0 Å². The Bertz CT molecular complexity index is 634. The second kappa shape index (κ2) is 6.30. The number of hydrogen-bond acceptors (Lipinski definition) is 0. The summed E-state index contributed by atoms with van der Waals surface area (Å²) >= 11 is 0. The molecule has 0 heteroatoms. The monoisotopic (exact) mass is 276 g/mol. The summed E-state index contributed by atoms with van der Waals surface area (Å²) in [7, 11) is 0. The van der Waals surface area contributed by atoms with Crippen LogP contribution in [0.3, 0.4) is 0 Å². The fraction of sp³-hybridized carbons (Fsp3) is 0.333. The highest BCUT2D eigenvalue weighted by Gasteiger charge is 2.21. The summed E-state index contributed by atoms with van der Waals surface area (Å²) in [5.41, 5.74) is 7.30. The van der Waals surface area contributed by atoms with Gasteiger partial charge in [0.2, 0.25) is 0 Å². The summed E-state index contributed by atoms with van der Waals surface area (Å²) in [5.74, 6) is 0.756. The minimum Gasteiger partial charge on any atom is -0.0654 e. The van der Waals surface area contributed by atoms with Crippen molar-refractivity contribution in [2.45, 2.75) is 39.5 Å². The molecule has 0 aliphatic heterocycles. The highest BCUT2D eigenvalue weighted by molar-refractivity contribution is 5.80. The van der Waals surface area contributed by atoms with Gasteiger partial charge in [-0.15, -0.1) is 0 Å². The van der Waals surface area contributed by atoms with Gasteiger partial charge in [0.05, 0.1) is 0 Å². The Morgan fingerprint density at radius 2 is 1.76 bits per heavy atom. The van der Waals surface area contributed by atoms with Crippen LogP contribution in [0.15, 0.2) is 54.1 Å². The summed E-state index contributed by atoms with van der Waals surface area (Å²) in [5, 5.41) is 0.